The normalized spacial score (nSPS) is 14.7. The summed E-state index contributed by atoms with van der Waals surface area (Å²) in [6, 6.07) is 3.73. The number of carbonyl (C=O) groups excluding carboxylic acids is 1. The number of pyridine rings is 1. The van der Waals surface area contributed by atoms with Gasteiger partial charge in [0.25, 0.3) is 5.91 Å². The first-order valence-electron chi connectivity index (χ1n) is 7.94. The molecule has 3 rings (SSSR count). The molecule has 0 saturated heterocycles. The van der Waals surface area contributed by atoms with Crippen molar-refractivity contribution in [1.29, 1.82) is 0 Å². The van der Waals surface area contributed by atoms with E-state index in [0.29, 0.717) is 18.7 Å². The maximum atomic E-state index is 12.6. The number of hydrogen-bond donors (Lipinski definition) is 0. The van der Waals surface area contributed by atoms with Gasteiger partial charge < -0.3 is 14.4 Å². The van der Waals surface area contributed by atoms with Gasteiger partial charge in [-0.1, -0.05) is 0 Å². The number of aromatic nitrogens is 3. The summed E-state index contributed by atoms with van der Waals surface area (Å²) in [7, 11) is 4.10. The first-order chi connectivity index (χ1) is 11.0. The van der Waals surface area contributed by atoms with Crippen LogP contribution >= 0.6 is 0 Å². The van der Waals surface area contributed by atoms with Gasteiger partial charge >= 0.3 is 0 Å². The van der Waals surface area contributed by atoms with Crippen LogP contribution < -0.4 is 0 Å². The molecule has 0 spiro atoms. The Balaban J connectivity index is 1.73. The van der Waals surface area contributed by atoms with Crippen molar-refractivity contribution in [3.8, 4) is 0 Å². The van der Waals surface area contributed by atoms with Crippen molar-refractivity contribution < 1.29 is 4.79 Å². The minimum atomic E-state index is 0.0532. The summed E-state index contributed by atoms with van der Waals surface area (Å²) >= 11 is 0. The molecule has 0 saturated carbocycles. The van der Waals surface area contributed by atoms with Crippen LogP contribution in [0.5, 0.6) is 0 Å². The summed E-state index contributed by atoms with van der Waals surface area (Å²) in [6.07, 6.45) is 4.41. The van der Waals surface area contributed by atoms with E-state index in [1.807, 2.05) is 30.2 Å². The lowest BCUT2D eigenvalue weighted by atomic mass is 10.2. The van der Waals surface area contributed by atoms with Crippen molar-refractivity contribution in [2.45, 2.75) is 26.4 Å². The molecule has 6 heteroatoms. The Morgan fingerprint density at radius 1 is 1.17 bits per heavy atom. The van der Waals surface area contributed by atoms with E-state index < -0.39 is 0 Å². The predicted molar refractivity (Wildman–Crippen MR) is 88.2 cm³/mol. The van der Waals surface area contributed by atoms with E-state index in [9.17, 15) is 4.79 Å². The molecule has 0 unspecified atom stereocenters. The fraction of sp³-hybridized carbons (Fsp3) is 0.471. The van der Waals surface area contributed by atoms with E-state index in [4.69, 9.17) is 0 Å². The van der Waals surface area contributed by atoms with Crippen molar-refractivity contribution in [3.05, 3.63) is 47.3 Å². The van der Waals surface area contributed by atoms with E-state index in [1.165, 1.54) is 5.69 Å². The molecular formula is C17H23N5O. The summed E-state index contributed by atoms with van der Waals surface area (Å²) in [5, 5.41) is 0. The molecule has 0 N–H and O–H groups in total. The van der Waals surface area contributed by atoms with Crippen molar-refractivity contribution >= 4 is 5.91 Å². The van der Waals surface area contributed by atoms with Gasteiger partial charge in [0.2, 0.25) is 0 Å². The molecule has 0 aliphatic carbocycles. The highest BCUT2D eigenvalue weighted by Crippen LogP contribution is 2.14. The molecule has 0 fully saturated rings. The first-order valence-corrected chi connectivity index (χ1v) is 7.94. The molecular weight excluding hydrogens is 290 g/mol. The summed E-state index contributed by atoms with van der Waals surface area (Å²) in [4.78, 5) is 25.4. The maximum Gasteiger partial charge on any atom is 0.255 e. The molecule has 6 nitrogen and oxygen atoms in total. The van der Waals surface area contributed by atoms with E-state index >= 15 is 0 Å². The molecule has 1 aliphatic rings. The lowest BCUT2D eigenvalue weighted by molar-refractivity contribution is 0.0758. The van der Waals surface area contributed by atoms with Gasteiger partial charge in [0.05, 0.1) is 11.3 Å². The molecule has 2 aromatic rings. The summed E-state index contributed by atoms with van der Waals surface area (Å²) in [6.45, 7) is 4.99. The number of carbonyl (C=O) groups is 1. The number of aryl methyl sites for hydroxylation is 1. The average Bonchev–Trinajstić information content (AvgIpc) is 2.77. The lowest BCUT2D eigenvalue weighted by Gasteiger charge is -2.20. The zero-order valence-corrected chi connectivity index (χ0v) is 14.0. The topological polar surface area (TPSA) is 54.3 Å². The highest BCUT2D eigenvalue weighted by atomic mass is 16.2. The van der Waals surface area contributed by atoms with Gasteiger partial charge in [-0.2, -0.15) is 0 Å². The van der Waals surface area contributed by atoms with Gasteiger partial charge in [0, 0.05) is 50.7 Å². The van der Waals surface area contributed by atoms with Gasteiger partial charge in [0.15, 0.2) is 0 Å². The fourth-order valence-corrected chi connectivity index (χ4v) is 2.92. The summed E-state index contributed by atoms with van der Waals surface area (Å²) in [5.41, 5.74) is 2.78. The van der Waals surface area contributed by atoms with Crippen molar-refractivity contribution in [2.75, 3.05) is 27.2 Å². The van der Waals surface area contributed by atoms with Crippen LogP contribution in [-0.4, -0.2) is 57.4 Å². The smallest absolute Gasteiger partial charge is 0.255 e. The van der Waals surface area contributed by atoms with Crippen LogP contribution in [0, 0.1) is 6.92 Å². The number of nitrogens with zero attached hydrogens (tertiary/aromatic N) is 5. The van der Waals surface area contributed by atoms with Crippen molar-refractivity contribution in [1.82, 2.24) is 24.3 Å². The molecule has 0 radical (unpaired) electrons. The molecule has 1 aliphatic heterocycles. The summed E-state index contributed by atoms with van der Waals surface area (Å²) < 4.78 is 2.25. The Morgan fingerprint density at radius 3 is 2.70 bits per heavy atom. The lowest BCUT2D eigenvalue weighted by Crippen LogP contribution is -2.33. The van der Waals surface area contributed by atoms with E-state index in [1.54, 1.807) is 6.20 Å². The highest BCUT2D eigenvalue weighted by Gasteiger charge is 2.22. The van der Waals surface area contributed by atoms with Crippen molar-refractivity contribution in [3.63, 3.8) is 0 Å². The third-order valence-corrected chi connectivity index (χ3v) is 4.14. The average molecular weight is 313 g/mol. The standard InChI is InChI=1S/C17H23N5O/c1-13-4-5-14(10-18-13)17(23)21-7-6-16-19-11-15(12-20(2)3)22(16)9-8-21/h4-5,10-11H,6-9,12H2,1-3H3. The molecule has 1 amide bonds. The molecule has 0 bridgehead atoms. The Labute approximate surface area is 136 Å². The zero-order valence-electron chi connectivity index (χ0n) is 14.0. The van der Waals surface area contributed by atoms with Gasteiger partial charge in [-0.05, 0) is 33.2 Å². The Kier molecular flexibility index (Phi) is 4.43. The van der Waals surface area contributed by atoms with Gasteiger partial charge in [-0.15, -0.1) is 0 Å². The van der Waals surface area contributed by atoms with E-state index in [-0.39, 0.29) is 5.91 Å². The Bertz CT molecular complexity index is 690. The van der Waals surface area contributed by atoms with Crippen LogP contribution in [0.25, 0.3) is 0 Å². The third kappa shape index (κ3) is 3.42. The van der Waals surface area contributed by atoms with Crippen LogP contribution in [-0.2, 0) is 19.5 Å². The quantitative estimate of drug-likeness (QED) is 0.858. The molecule has 0 aromatic carbocycles. The van der Waals surface area contributed by atoms with Crippen molar-refractivity contribution in [2.24, 2.45) is 0 Å². The second-order valence-corrected chi connectivity index (χ2v) is 6.29. The van der Waals surface area contributed by atoms with E-state index in [2.05, 4.69) is 33.5 Å². The second-order valence-electron chi connectivity index (χ2n) is 6.29. The monoisotopic (exact) mass is 313 g/mol. The third-order valence-electron chi connectivity index (χ3n) is 4.14. The molecule has 122 valence electrons. The molecule has 0 atom stereocenters. The Morgan fingerprint density at radius 2 is 2.00 bits per heavy atom. The maximum absolute atomic E-state index is 12.6. The minimum Gasteiger partial charge on any atom is -0.336 e. The number of rotatable bonds is 3. The van der Waals surface area contributed by atoms with Gasteiger partial charge in [-0.3, -0.25) is 9.78 Å². The van der Waals surface area contributed by atoms with Crippen LogP contribution in [0.3, 0.4) is 0 Å². The SMILES string of the molecule is Cc1ccc(C(=O)N2CCc3ncc(CN(C)C)n3CC2)cn1. The molecule has 3 heterocycles. The largest absolute Gasteiger partial charge is 0.336 e. The van der Waals surface area contributed by atoms with Gasteiger partial charge in [-0.25, -0.2) is 4.98 Å². The number of amides is 1. The van der Waals surface area contributed by atoms with Crippen LogP contribution in [0.1, 0.15) is 27.6 Å². The number of hydrogen-bond acceptors (Lipinski definition) is 4. The minimum absolute atomic E-state index is 0.0532. The molecule has 23 heavy (non-hydrogen) atoms. The zero-order chi connectivity index (χ0) is 16.4. The predicted octanol–water partition coefficient (Wildman–Crippen LogP) is 1.35. The summed E-state index contributed by atoms with van der Waals surface area (Å²) in [5.74, 6) is 1.12. The highest BCUT2D eigenvalue weighted by molar-refractivity contribution is 5.93. The van der Waals surface area contributed by atoms with Crippen LogP contribution in [0.15, 0.2) is 24.5 Å². The first kappa shape index (κ1) is 15.7. The second kappa shape index (κ2) is 6.50. The molecule has 2 aromatic heterocycles. The van der Waals surface area contributed by atoms with Crippen LogP contribution in [0.4, 0.5) is 0 Å². The van der Waals surface area contributed by atoms with E-state index in [0.717, 1.165) is 31.0 Å². The Hall–Kier alpha value is -2.21. The number of imidazole rings is 1. The van der Waals surface area contributed by atoms with Gasteiger partial charge in [0.1, 0.15) is 5.82 Å². The van der Waals surface area contributed by atoms with Crippen LogP contribution in [0.2, 0.25) is 0 Å². The fourth-order valence-electron chi connectivity index (χ4n) is 2.92. The number of fused-ring (bicyclic) bond motifs is 1.